The van der Waals surface area contributed by atoms with E-state index in [0.717, 1.165) is 0 Å². The largest absolute Gasteiger partial charge is 0.462 e. The lowest BCUT2D eigenvalue weighted by Crippen LogP contribution is -2.12. The van der Waals surface area contributed by atoms with Gasteiger partial charge in [0.25, 0.3) is 5.91 Å². The number of nitrogens with zero attached hydrogens (tertiary/aromatic N) is 3. The molecule has 178 valence electrons. The summed E-state index contributed by atoms with van der Waals surface area (Å²) in [6, 6.07) is 18.6. The second-order valence-corrected chi connectivity index (χ2v) is 8.38. The van der Waals surface area contributed by atoms with Crippen LogP contribution in [0.5, 0.6) is 17.5 Å². The molecule has 0 unspecified atom stereocenters. The van der Waals surface area contributed by atoms with E-state index in [1.54, 1.807) is 60.7 Å². The molecule has 1 aliphatic rings. The number of anilines is 1. The summed E-state index contributed by atoms with van der Waals surface area (Å²) in [4.78, 5) is 17.1. The van der Waals surface area contributed by atoms with Crippen molar-refractivity contribution in [3.63, 3.8) is 0 Å². The smallest absolute Gasteiger partial charge is 0.336 e. The number of benzene rings is 3. The molecule has 0 aliphatic carbocycles. The first-order valence-electron chi connectivity index (χ1n) is 11.1. The van der Waals surface area contributed by atoms with Gasteiger partial charge < -0.3 is 19.5 Å². The monoisotopic (exact) mass is 474 g/mol. The van der Waals surface area contributed by atoms with Crippen LogP contribution >= 0.6 is 0 Å². The number of nitrogens with one attached hydrogen (secondary N) is 1. The lowest BCUT2D eigenvalue weighted by atomic mass is 10.1. The summed E-state index contributed by atoms with van der Waals surface area (Å²) in [6.45, 7) is 4.62. The van der Waals surface area contributed by atoms with Gasteiger partial charge in [0.2, 0.25) is 6.79 Å². The first kappa shape index (κ1) is 22.4. The van der Waals surface area contributed by atoms with Gasteiger partial charge in [0.1, 0.15) is 5.82 Å². The number of hydrogen-bond acceptors (Lipinski definition) is 6. The maximum Gasteiger partial charge on any atom is 0.336 e. The van der Waals surface area contributed by atoms with Gasteiger partial charge in [0.05, 0.1) is 17.9 Å². The molecule has 0 bridgehead atoms. The summed E-state index contributed by atoms with van der Waals surface area (Å²) in [5.74, 6) is 1.05. The van der Waals surface area contributed by atoms with Crippen molar-refractivity contribution in [2.24, 2.45) is 5.92 Å². The highest BCUT2D eigenvalue weighted by molar-refractivity contribution is 6.04. The van der Waals surface area contributed by atoms with Crippen LogP contribution < -0.4 is 19.5 Å². The molecule has 0 radical (unpaired) electrons. The predicted octanol–water partition coefficient (Wildman–Crippen LogP) is 5.09. The molecule has 35 heavy (non-hydrogen) atoms. The third-order valence-electron chi connectivity index (χ3n) is 5.25. The number of carbonyl (C=O) groups is 1. The molecule has 0 saturated heterocycles. The zero-order valence-corrected chi connectivity index (χ0v) is 19.2. The summed E-state index contributed by atoms with van der Waals surface area (Å²) in [5, 5.41) is 7.30. The Kier molecular flexibility index (Phi) is 6.05. The Morgan fingerprint density at radius 2 is 1.86 bits per heavy atom. The van der Waals surface area contributed by atoms with E-state index in [4.69, 9.17) is 14.2 Å². The van der Waals surface area contributed by atoms with Gasteiger partial charge in [-0.05, 0) is 60.5 Å². The summed E-state index contributed by atoms with van der Waals surface area (Å²) in [5.41, 5.74) is 1.97. The summed E-state index contributed by atoms with van der Waals surface area (Å²) in [6.07, 6.45) is 0. The fraction of sp³-hybridized carbons (Fsp3) is 0.192. The van der Waals surface area contributed by atoms with E-state index >= 15 is 0 Å². The van der Waals surface area contributed by atoms with Crippen molar-refractivity contribution in [3.8, 4) is 34.6 Å². The molecule has 2 heterocycles. The number of hydrogen-bond donors (Lipinski definition) is 1. The maximum atomic E-state index is 14.6. The van der Waals surface area contributed by atoms with Crippen molar-refractivity contribution in [3.05, 3.63) is 78.1 Å². The second kappa shape index (κ2) is 9.46. The van der Waals surface area contributed by atoms with Crippen LogP contribution in [0, 0.1) is 11.7 Å². The minimum absolute atomic E-state index is 0.142. The zero-order chi connectivity index (χ0) is 24.4. The molecule has 8 nitrogen and oxygen atoms in total. The van der Waals surface area contributed by atoms with Gasteiger partial charge in [-0.2, -0.15) is 4.98 Å². The standard InChI is InChI=1S/C26H23FN4O4/c1-16(2)14-33-26-29-24(20-5-3-4-6-21(20)27)31(30-26)19-10-8-18(9-11-19)28-25(32)17-7-12-22-23(13-17)35-15-34-22/h3-13,16H,14-15H2,1-2H3,(H,28,32). The SMILES string of the molecule is CC(C)COc1nc(-c2ccccc2F)n(-c2ccc(NC(=O)c3ccc4c(c3)OCO4)cc2)n1. The van der Waals surface area contributed by atoms with E-state index in [1.165, 1.54) is 10.7 Å². The first-order chi connectivity index (χ1) is 17.0. The molecule has 0 fully saturated rings. The van der Waals surface area contributed by atoms with E-state index in [-0.39, 0.29) is 24.6 Å². The molecular formula is C26H23FN4O4. The van der Waals surface area contributed by atoms with Gasteiger partial charge in [-0.25, -0.2) is 9.07 Å². The van der Waals surface area contributed by atoms with E-state index in [2.05, 4.69) is 15.4 Å². The number of fused-ring (bicyclic) bond motifs is 1. The fourth-order valence-electron chi connectivity index (χ4n) is 3.52. The van der Waals surface area contributed by atoms with Crippen molar-refractivity contribution in [1.82, 2.24) is 14.8 Å². The molecule has 1 aromatic heterocycles. The van der Waals surface area contributed by atoms with E-state index in [9.17, 15) is 9.18 Å². The number of carbonyl (C=O) groups excluding carboxylic acids is 1. The quantitative estimate of drug-likeness (QED) is 0.402. The van der Waals surface area contributed by atoms with Gasteiger partial charge in [0, 0.05) is 11.3 Å². The number of aromatic nitrogens is 3. The van der Waals surface area contributed by atoms with Crippen molar-refractivity contribution < 1.29 is 23.4 Å². The first-order valence-corrected chi connectivity index (χ1v) is 11.1. The van der Waals surface area contributed by atoms with Gasteiger partial charge in [-0.3, -0.25) is 4.79 Å². The highest BCUT2D eigenvalue weighted by Gasteiger charge is 2.19. The Balaban J connectivity index is 1.40. The van der Waals surface area contributed by atoms with Gasteiger partial charge in [0.15, 0.2) is 17.3 Å². The van der Waals surface area contributed by atoms with Crippen LogP contribution in [0.2, 0.25) is 0 Å². The molecule has 1 aliphatic heterocycles. The molecule has 0 spiro atoms. The molecule has 1 amide bonds. The van der Waals surface area contributed by atoms with Crippen LogP contribution in [-0.2, 0) is 0 Å². The molecule has 0 saturated carbocycles. The molecule has 9 heteroatoms. The van der Waals surface area contributed by atoms with Crippen LogP contribution in [0.25, 0.3) is 17.1 Å². The summed E-state index contributed by atoms with van der Waals surface area (Å²) in [7, 11) is 0. The Bertz CT molecular complexity index is 1370. The lowest BCUT2D eigenvalue weighted by Gasteiger charge is -2.09. The molecule has 4 aromatic rings. The van der Waals surface area contributed by atoms with Gasteiger partial charge >= 0.3 is 6.01 Å². The van der Waals surface area contributed by atoms with E-state index in [1.807, 2.05) is 13.8 Å². The Labute approximate surface area is 201 Å². The van der Waals surface area contributed by atoms with Crippen LogP contribution in [-0.4, -0.2) is 34.1 Å². The number of ether oxygens (including phenoxy) is 3. The Hall–Kier alpha value is -4.40. The highest BCUT2D eigenvalue weighted by Crippen LogP contribution is 2.33. The third-order valence-corrected chi connectivity index (χ3v) is 5.25. The molecule has 1 N–H and O–H groups in total. The Morgan fingerprint density at radius 3 is 2.63 bits per heavy atom. The fourth-order valence-corrected chi connectivity index (χ4v) is 3.52. The number of rotatable bonds is 7. The minimum Gasteiger partial charge on any atom is -0.462 e. The average molecular weight is 474 g/mol. The van der Waals surface area contributed by atoms with E-state index < -0.39 is 5.82 Å². The molecular weight excluding hydrogens is 451 g/mol. The van der Waals surface area contributed by atoms with Crippen molar-refractivity contribution >= 4 is 11.6 Å². The minimum atomic E-state index is -0.413. The van der Waals surface area contributed by atoms with E-state index in [0.29, 0.717) is 46.4 Å². The highest BCUT2D eigenvalue weighted by atomic mass is 19.1. The average Bonchev–Trinajstić information content (AvgIpc) is 3.50. The molecule has 0 atom stereocenters. The van der Waals surface area contributed by atoms with Crippen molar-refractivity contribution in [2.45, 2.75) is 13.8 Å². The predicted molar refractivity (Wildman–Crippen MR) is 128 cm³/mol. The van der Waals surface area contributed by atoms with Crippen LogP contribution in [0.4, 0.5) is 10.1 Å². The molecule has 5 rings (SSSR count). The second-order valence-electron chi connectivity index (χ2n) is 8.38. The normalized spacial score (nSPS) is 12.1. The van der Waals surface area contributed by atoms with Gasteiger partial charge in [-0.1, -0.05) is 26.0 Å². The number of halogens is 1. The summed E-state index contributed by atoms with van der Waals surface area (Å²) >= 11 is 0. The molecule has 3 aromatic carbocycles. The Morgan fingerprint density at radius 1 is 1.09 bits per heavy atom. The van der Waals surface area contributed by atoms with Crippen LogP contribution in [0.15, 0.2) is 66.7 Å². The summed E-state index contributed by atoms with van der Waals surface area (Å²) < 4.78 is 32.4. The van der Waals surface area contributed by atoms with Crippen molar-refractivity contribution in [2.75, 3.05) is 18.7 Å². The van der Waals surface area contributed by atoms with Crippen molar-refractivity contribution in [1.29, 1.82) is 0 Å². The lowest BCUT2D eigenvalue weighted by molar-refractivity contribution is 0.102. The topological polar surface area (TPSA) is 87.5 Å². The number of amides is 1. The van der Waals surface area contributed by atoms with Crippen LogP contribution in [0.3, 0.4) is 0 Å². The zero-order valence-electron chi connectivity index (χ0n) is 19.2. The van der Waals surface area contributed by atoms with Crippen LogP contribution in [0.1, 0.15) is 24.2 Å². The van der Waals surface area contributed by atoms with Gasteiger partial charge in [-0.15, -0.1) is 5.10 Å². The maximum absolute atomic E-state index is 14.6. The third kappa shape index (κ3) is 4.79.